The van der Waals surface area contributed by atoms with Gasteiger partial charge in [-0.2, -0.15) is 0 Å². The zero-order valence-corrected chi connectivity index (χ0v) is 14.9. The molecule has 0 spiro atoms. The maximum absolute atomic E-state index is 14.9. The Balaban J connectivity index is 1.67. The molecule has 1 fully saturated rings. The fourth-order valence-corrected chi connectivity index (χ4v) is 3.93. The van der Waals surface area contributed by atoms with E-state index in [9.17, 15) is 9.18 Å². The number of aromatic nitrogens is 2. The maximum Gasteiger partial charge on any atom is 0.268 e. The van der Waals surface area contributed by atoms with Crippen molar-refractivity contribution in [3.63, 3.8) is 0 Å². The molecule has 0 saturated carbocycles. The fourth-order valence-electron chi connectivity index (χ4n) is 2.95. The molecule has 26 heavy (non-hydrogen) atoms. The van der Waals surface area contributed by atoms with Crippen molar-refractivity contribution in [2.45, 2.75) is 10.5 Å². The van der Waals surface area contributed by atoms with Crippen molar-refractivity contribution in [3.05, 3.63) is 54.7 Å². The van der Waals surface area contributed by atoms with Gasteiger partial charge in [0.1, 0.15) is 16.4 Å². The minimum Gasteiger partial charge on any atom is -0.378 e. The van der Waals surface area contributed by atoms with Gasteiger partial charge in [0.2, 0.25) is 5.50 Å². The second kappa shape index (κ2) is 7.47. The quantitative estimate of drug-likeness (QED) is 0.661. The summed E-state index contributed by atoms with van der Waals surface area (Å²) in [7, 11) is 0. The fraction of sp³-hybridized carbons (Fsp3) is 0.263. The van der Waals surface area contributed by atoms with Crippen molar-refractivity contribution < 1.29 is 13.9 Å². The van der Waals surface area contributed by atoms with Gasteiger partial charge in [-0.05, 0) is 12.1 Å². The van der Waals surface area contributed by atoms with Gasteiger partial charge in [0, 0.05) is 24.8 Å². The Morgan fingerprint density at radius 2 is 1.85 bits per heavy atom. The van der Waals surface area contributed by atoms with Crippen molar-refractivity contribution in [3.8, 4) is 11.3 Å². The molecule has 1 aliphatic rings. The molecule has 4 rings (SSSR count). The summed E-state index contributed by atoms with van der Waals surface area (Å²) in [5, 5.41) is 0.626. The topological polar surface area (TPSA) is 46.8 Å². The lowest BCUT2D eigenvalue weighted by atomic mass is 10.2. The number of ether oxygens (including phenoxy) is 1. The SMILES string of the molecule is O=C([C@@H](F)Sc1c(-c2ccccc2)nc2ccccn12)N1CCOCC1. The highest BCUT2D eigenvalue weighted by molar-refractivity contribution is 8.00. The van der Waals surface area contributed by atoms with Crippen LogP contribution >= 0.6 is 11.8 Å². The van der Waals surface area contributed by atoms with Crippen molar-refractivity contribution >= 4 is 23.3 Å². The van der Waals surface area contributed by atoms with Crippen molar-refractivity contribution in [2.75, 3.05) is 26.3 Å². The molecular weight excluding hydrogens is 353 g/mol. The second-order valence-electron chi connectivity index (χ2n) is 5.93. The van der Waals surface area contributed by atoms with Crippen LogP contribution in [0, 0.1) is 0 Å². The van der Waals surface area contributed by atoms with Gasteiger partial charge in [0.15, 0.2) is 0 Å². The van der Waals surface area contributed by atoms with Gasteiger partial charge < -0.3 is 9.64 Å². The third-order valence-corrected chi connectivity index (χ3v) is 5.29. The molecule has 1 atom stereocenters. The average Bonchev–Trinajstić information content (AvgIpc) is 3.07. The number of morpholine rings is 1. The predicted octanol–water partition coefficient (Wildman–Crippen LogP) is 3.25. The lowest BCUT2D eigenvalue weighted by molar-refractivity contribution is -0.137. The lowest BCUT2D eigenvalue weighted by Crippen LogP contribution is -2.43. The van der Waals surface area contributed by atoms with E-state index in [0.29, 0.717) is 37.0 Å². The van der Waals surface area contributed by atoms with Crippen molar-refractivity contribution in [2.24, 2.45) is 0 Å². The Kier molecular flexibility index (Phi) is 4.90. The van der Waals surface area contributed by atoms with E-state index in [2.05, 4.69) is 4.98 Å². The van der Waals surface area contributed by atoms with E-state index in [1.165, 1.54) is 4.90 Å². The smallest absolute Gasteiger partial charge is 0.268 e. The van der Waals surface area contributed by atoms with Crippen molar-refractivity contribution in [1.82, 2.24) is 14.3 Å². The molecule has 3 aromatic rings. The van der Waals surface area contributed by atoms with E-state index in [1.54, 1.807) is 0 Å². The largest absolute Gasteiger partial charge is 0.378 e. The van der Waals surface area contributed by atoms with E-state index >= 15 is 0 Å². The minimum absolute atomic E-state index is 0.429. The number of imidazole rings is 1. The molecule has 0 aliphatic carbocycles. The highest BCUT2D eigenvalue weighted by Gasteiger charge is 2.29. The minimum atomic E-state index is -1.68. The number of halogens is 1. The summed E-state index contributed by atoms with van der Waals surface area (Å²) in [5.41, 5.74) is 0.611. The first-order chi connectivity index (χ1) is 12.7. The number of carbonyl (C=O) groups is 1. The molecule has 1 amide bonds. The number of thioether (sulfide) groups is 1. The number of fused-ring (bicyclic) bond motifs is 1. The van der Waals surface area contributed by atoms with E-state index in [0.717, 1.165) is 23.0 Å². The number of amides is 1. The normalized spacial score (nSPS) is 16.0. The summed E-state index contributed by atoms with van der Waals surface area (Å²) in [5.74, 6) is -0.511. The number of hydrogen-bond acceptors (Lipinski definition) is 4. The summed E-state index contributed by atoms with van der Waals surface area (Å²) in [4.78, 5) is 18.6. The van der Waals surface area contributed by atoms with Gasteiger partial charge in [-0.15, -0.1) is 0 Å². The Labute approximate surface area is 154 Å². The molecule has 134 valence electrons. The molecule has 7 heteroatoms. The monoisotopic (exact) mass is 371 g/mol. The Morgan fingerprint density at radius 3 is 2.62 bits per heavy atom. The Bertz CT molecular complexity index is 910. The molecule has 1 aromatic carbocycles. The van der Waals surface area contributed by atoms with Crippen LogP contribution in [0.15, 0.2) is 59.8 Å². The van der Waals surface area contributed by atoms with Crippen LogP contribution in [0.3, 0.4) is 0 Å². The first-order valence-corrected chi connectivity index (χ1v) is 9.32. The molecule has 0 unspecified atom stereocenters. The first kappa shape index (κ1) is 17.1. The second-order valence-corrected chi connectivity index (χ2v) is 6.97. The standard InChI is InChI=1S/C19H18FN3O2S/c20-17(18(24)22-10-12-25-13-11-22)26-19-16(14-6-2-1-3-7-14)21-15-8-4-5-9-23(15)19/h1-9,17H,10-13H2/t17-/m0/s1. The average molecular weight is 371 g/mol. The number of alkyl halides is 1. The van der Waals surface area contributed by atoms with Gasteiger partial charge in [0.05, 0.1) is 13.2 Å². The van der Waals surface area contributed by atoms with Gasteiger partial charge in [0.25, 0.3) is 5.91 Å². The Morgan fingerprint density at radius 1 is 1.12 bits per heavy atom. The highest BCUT2D eigenvalue weighted by Crippen LogP contribution is 2.35. The van der Waals surface area contributed by atoms with Gasteiger partial charge in [-0.3, -0.25) is 9.20 Å². The summed E-state index contributed by atoms with van der Waals surface area (Å²) < 4.78 is 21.9. The van der Waals surface area contributed by atoms with Crippen LogP contribution in [0.4, 0.5) is 4.39 Å². The van der Waals surface area contributed by atoms with Crippen LogP contribution in [0.25, 0.3) is 16.9 Å². The van der Waals surface area contributed by atoms with Crippen LogP contribution < -0.4 is 0 Å². The maximum atomic E-state index is 14.9. The van der Waals surface area contributed by atoms with Crippen LogP contribution in [0.1, 0.15) is 0 Å². The van der Waals surface area contributed by atoms with Crippen LogP contribution in [-0.4, -0.2) is 52.0 Å². The Hall–Kier alpha value is -2.38. The van der Waals surface area contributed by atoms with Gasteiger partial charge in [-0.25, -0.2) is 9.37 Å². The number of pyridine rings is 1. The van der Waals surface area contributed by atoms with Crippen LogP contribution in [-0.2, 0) is 9.53 Å². The number of carbonyl (C=O) groups excluding carboxylic acids is 1. The molecule has 0 bridgehead atoms. The van der Waals surface area contributed by atoms with E-state index in [-0.39, 0.29) is 0 Å². The number of nitrogens with zero attached hydrogens (tertiary/aromatic N) is 3. The summed E-state index contributed by atoms with van der Waals surface area (Å²) in [6.07, 6.45) is 1.84. The summed E-state index contributed by atoms with van der Waals surface area (Å²) in [6, 6.07) is 15.2. The number of benzene rings is 1. The summed E-state index contributed by atoms with van der Waals surface area (Å²) >= 11 is 0.905. The summed E-state index contributed by atoms with van der Waals surface area (Å²) in [6.45, 7) is 1.76. The predicted molar refractivity (Wildman–Crippen MR) is 98.8 cm³/mol. The van der Waals surface area contributed by atoms with Crippen molar-refractivity contribution in [1.29, 1.82) is 0 Å². The van der Waals surface area contributed by atoms with Gasteiger partial charge >= 0.3 is 0 Å². The van der Waals surface area contributed by atoms with Crippen LogP contribution in [0.2, 0.25) is 0 Å². The molecule has 1 saturated heterocycles. The zero-order chi connectivity index (χ0) is 17.9. The molecule has 0 N–H and O–H groups in total. The molecule has 5 nitrogen and oxygen atoms in total. The van der Waals surface area contributed by atoms with E-state index in [1.807, 2.05) is 59.1 Å². The molecule has 2 aromatic heterocycles. The third-order valence-electron chi connectivity index (χ3n) is 4.27. The molecule has 3 heterocycles. The number of hydrogen-bond donors (Lipinski definition) is 0. The highest BCUT2D eigenvalue weighted by atomic mass is 32.2. The van der Waals surface area contributed by atoms with E-state index < -0.39 is 11.4 Å². The first-order valence-electron chi connectivity index (χ1n) is 8.44. The molecule has 1 aliphatic heterocycles. The van der Waals surface area contributed by atoms with E-state index in [4.69, 9.17) is 4.74 Å². The van der Waals surface area contributed by atoms with Crippen LogP contribution in [0.5, 0.6) is 0 Å². The zero-order valence-electron chi connectivity index (χ0n) is 14.0. The third kappa shape index (κ3) is 3.32. The molecule has 0 radical (unpaired) electrons. The lowest BCUT2D eigenvalue weighted by Gasteiger charge is -2.27. The van der Waals surface area contributed by atoms with Gasteiger partial charge in [-0.1, -0.05) is 48.2 Å². The number of rotatable bonds is 4. The molecular formula is C19H18FN3O2S.